The Hall–Kier alpha value is 1.31. The molecular weight excluding hydrogens is 419 g/mol. The van der Waals surface area contributed by atoms with Crippen molar-refractivity contribution in [2.45, 2.75) is 26.7 Å². The summed E-state index contributed by atoms with van der Waals surface area (Å²) in [6, 6.07) is 0. The normalized spacial score (nSPS) is 16.4. The maximum absolute atomic E-state index is 6.78. The molecule has 1 heterocycles. The summed E-state index contributed by atoms with van der Waals surface area (Å²) in [6.45, 7) is 10.9. The smallest absolute Gasteiger partial charge is 0.0208 e. The molecule has 1 fully saturated rings. The van der Waals surface area contributed by atoms with E-state index < -0.39 is 0 Å². The predicted molar refractivity (Wildman–Crippen MR) is 53.0 cm³/mol. The van der Waals surface area contributed by atoms with E-state index in [9.17, 15) is 0 Å². The zero-order chi connectivity index (χ0) is 9.40. The topological polar surface area (TPSA) is 3.24 Å². The quantitative estimate of drug-likeness (QED) is 0.449. The van der Waals surface area contributed by atoms with Crippen molar-refractivity contribution in [2.24, 2.45) is 5.92 Å². The van der Waals surface area contributed by atoms with Crippen molar-refractivity contribution in [1.29, 1.82) is 0 Å². The van der Waals surface area contributed by atoms with Crippen LogP contribution in [0.15, 0.2) is 0 Å². The van der Waals surface area contributed by atoms with E-state index in [1.54, 1.807) is 0 Å². The number of hydrogen-bond donors (Lipinski definition) is 0. The summed E-state index contributed by atoms with van der Waals surface area (Å²) in [5.41, 5.74) is 0. The second kappa shape index (κ2) is 14.3. The molecule has 1 aliphatic rings. The fourth-order valence-electron chi connectivity index (χ4n) is 1.26. The standard InChI is InChI=1S/C9H13N.C2H6.W.Y/c1-3-6-10-7-4-9(2)5-8-10;1-2;;/h9H,2,4-8H2;1-2H3;;/q-2;;;. The molecule has 0 aromatic rings. The Balaban J connectivity index is -0.000000284. The van der Waals surface area contributed by atoms with E-state index in [1.807, 2.05) is 13.8 Å². The van der Waals surface area contributed by atoms with Crippen molar-refractivity contribution in [1.82, 2.24) is 4.90 Å². The Morgan fingerprint density at radius 3 is 2.14 bits per heavy atom. The maximum atomic E-state index is 6.78. The van der Waals surface area contributed by atoms with Crippen molar-refractivity contribution in [2.75, 3.05) is 19.6 Å². The van der Waals surface area contributed by atoms with Gasteiger partial charge in [0.1, 0.15) is 0 Å². The summed E-state index contributed by atoms with van der Waals surface area (Å²) in [5, 5.41) is 0. The molecule has 0 aromatic heterocycles. The van der Waals surface area contributed by atoms with Crippen LogP contribution >= 0.6 is 0 Å². The summed E-state index contributed by atoms with van der Waals surface area (Å²) in [5.74, 6) is 3.05. The van der Waals surface area contributed by atoms with E-state index in [0.717, 1.165) is 13.1 Å². The van der Waals surface area contributed by atoms with E-state index in [0.29, 0.717) is 12.5 Å². The van der Waals surface area contributed by atoms with Gasteiger partial charge in [0.25, 0.3) is 0 Å². The van der Waals surface area contributed by atoms with E-state index in [2.05, 4.69) is 17.7 Å². The summed E-state index contributed by atoms with van der Waals surface area (Å²) in [4.78, 5) is 2.24. The van der Waals surface area contributed by atoms with Crippen molar-refractivity contribution in [3.63, 3.8) is 0 Å². The van der Waals surface area contributed by atoms with Crippen LogP contribution in [0.3, 0.4) is 0 Å². The molecular formula is C11H19NWY-2. The molecule has 0 aromatic carbocycles. The van der Waals surface area contributed by atoms with Gasteiger partial charge in [-0.25, -0.2) is 0 Å². The van der Waals surface area contributed by atoms with Gasteiger partial charge in [0, 0.05) is 60.3 Å². The van der Waals surface area contributed by atoms with Crippen LogP contribution in [0.1, 0.15) is 26.7 Å². The Labute approximate surface area is 129 Å². The first-order chi connectivity index (χ1) is 5.83. The molecule has 0 N–H and O–H groups in total. The Morgan fingerprint density at radius 1 is 1.36 bits per heavy atom. The van der Waals surface area contributed by atoms with Crippen molar-refractivity contribution >= 4 is 0 Å². The molecule has 1 aliphatic heterocycles. The Kier molecular flexibility index (Phi) is 21.2. The molecule has 0 amide bonds. The van der Waals surface area contributed by atoms with E-state index in [4.69, 9.17) is 6.42 Å². The SMILES string of the molecule is CC.[C-]#CCN1CCC([CH2-])CC1.[W].[Y]. The number of likely N-dealkylation sites (tertiary alicyclic amines) is 1. The zero-order valence-electron chi connectivity index (χ0n) is 9.25. The van der Waals surface area contributed by atoms with Crippen LogP contribution in [0.25, 0.3) is 0 Å². The first kappa shape index (κ1) is 20.7. The molecule has 3 heteroatoms. The van der Waals surface area contributed by atoms with Crippen LogP contribution in [0.4, 0.5) is 0 Å². The first-order valence-corrected chi connectivity index (χ1v) is 4.78. The summed E-state index contributed by atoms with van der Waals surface area (Å²) < 4.78 is 0. The molecule has 1 nitrogen and oxygen atoms in total. The van der Waals surface area contributed by atoms with Crippen LogP contribution in [0, 0.1) is 25.2 Å². The number of nitrogens with zero attached hydrogens (tertiary/aromatic N) is 1. The number of hydrogen-bond acceptors (Lipinski definition) is 1. The molecule has 1 rings (SSSR count). The van der Waals surface area contributed by atoms with Crippen LogP contribution in [0.5, 0.6) is 0 Å². The van der Waals surface area contributed by atoms with Crippen LogP contribution in [-0.4, -0.2) is 24.5 Å². The summed E-state index contributed by atoms with van der Waals surface area (Å²) in [7, 11) is 0. The molecule has 0 aliphatic carbocycles. The van der Waals surface area contributed by atoms with Gasteiger partial charge in [0.2, 0.25) is 0 Å². The molecule has 0 saturated carbocycles. The molecule has 0 atom stereocenters. The Bertz CT molecular complexity index is 137. The molecule has 0 unspecified atom stereocenters. The molecule has 14 heavy (non-hydrogen) atoms. The minimum absolute atomic E-state index is 0. The van der Waals surface area contributed by atoms with Gasteiger partial charge >= 0.3 is 0 Å². The third-order valence-electron chi connectivity index (χ3n) is 2.01. The third-order valence-corrected chi connectivity index (χ3v) is 2.01. The van der Waals surface area contributed by atoms with E-state index in [1.165, 1.54) is 12.8 Å². The van der Waals surface area contributed by atoms with Gasteiger partial charge in [0.15, 0.2) is 0 Å². The van der Waals surface area contributed by atoms with Crippen LogP contribution in [-0.2, 0) is 53.8 Å². The molecule has 0 bridgehead atoms. The van der Waals surface area contributed by atoms with Gasteiger partial charge in [-0.3, -0.25) is 4.90 Å². The Morgan fingerprint density at radius 2 is 1.79 bits per heavy atom. The first-order valence-electron chi connectivity index (χ1n) is 4.78. The fourth-order valence-corrected chi connectivity index (χ4v) is 1.26. The maximum Gasteiger partial charge on any atom is 0.0208 e. The average Bonchev–Trinajstić information content (AvgIpc) is 2.13. The van der Waals surface area contributed by atoms with Gasteiger partial charge in [-0.05, 0) is 13.1 Å². The molecule has 0 spiro atoms. The minimum Gasteiger partial charge on any atom is -0.692 e. The van der Waals surface area contributed by atoms with Crippen LogP contribution < -0.4 is 0 Å². The van der Waals surface area contributed by atoms with Gasteiger partial charge in [-0.1, -0.05) is 26.7 Å². The van der Waals surface area contributed by atoms with Crippen LogP contribution in [0.2, 0.25) is 0 Å². The second-order valence-electron chi connectivity index (χ2n) is 2.90. The van der Waals surface area contributed by atoms with Crippen molar-refractivity contribution < 1.29 is 53.8 Å². The van der Waals surface area contributed by atoms with E-state index >= 15 is 0 Å². The van der Waals surface area contributed by atoms with E-state index in [-0.39, 0.29) is 53.8 Å². The average molecular weight is 438 g/mol. The van der Waals surface area contributed by atoms with Gasteiger partial charge in [0.05, 0.1) is 0 Å². The second-order valence-corrected chi connectivity index (χ2v) is 2.90. The van der Waals surface area contributed by atoms with Gasteiger partial charge in [-0.15, -0.1) is 0 Å². The monoisotopic (exact) mass is 438 g/mol. The van der Waals surface area contributed by atoms with Crippen molar-refractivity contribution in [3.05, 3.63) is 13.3 Å². The summed E-state index contributed by atoms with van der Waals surface area (Å²) >= 11 is 0. The van der Waals surface area contributed by atoms with Crippen molar-refractivity contribution in [3.8, 4) is 5.92 Å². The predicted octanol–water partition coefficient (Wildman–Crippen LogP) is 2.14. The molecule has 79 valence electrons. The fraction of sp³-hybridized carbons (Fsp3) is 0.727. The third kappa shape index (κ3) is 9.85. The summed E-state index contributed by atoms with van der Waals surface area (Å²) in [6.07, 6.45) is 9.15. The number of piperidine rings is 1. The van der Waals surface area contributed by atoms with Gasteiger partial charge < -0.3 is 19.3 Å². The zero-order valence-corrected chi connectivity index (χ0v) is 15.0. The molecule has 1 saturated heterocycles. The van der Waals surface area contributed by atoms with Gasteiger partial charge in [-0.2, -0.15) is 5.92 Å². The minimum atomic E-state index is 0. The molecule has 1 radical (unpaired) electrons. The largest absolute Gasteiger partial charge is 0.692 e. The number of rotatable bonds is 1.